The van der Waals surface area contributed by atoms with Crippen molar-refractivity contribution in [3.63, 3.8) is 0 Å². The number of carbonyl (C=O) groups excluding carboxylic acids is 2. The number of carbonyl (C=O) groups is 2. The number of nitrogens with zero attached hydrogens (tertiary/aromatic N) is 4. The van der Waals surface area contributed by atoms with Gasteiger partial charge in [0.1, 0.15) is 5.71 Å². The molecule has 0 atom stereocenters. The van der Waals surface area contributed by atoms with E-state index in [-0.39, 0.29) is 11.8 Å². The van der Waals surface area contributed by atoms with Crippen LogP contribution in [0.1, 0.15) is 24.0 Å². The quantitative estimate of drug-likeness (QED) is 0.690. The smallest absolute Gasteiger partial charge is 0.267 e. The Bertz CT molecular complexity index is 1070. The number of benzene rings is 2. The second kappa shape index (κ2) is 8.73. The Morgan fingerprint density at radius 3 is 2.43 bits per heavy atom. The van der Waals surface area contributed by atoms with E-state index in [1.807, 2.05) is 59.4 Å². The summed E-state index contributed by atoms with van der Waals surface area (Å²) >= 11 is 0. The van der Waals surface area contributed by atoms with E-state index in [0.717, 1.165) is 22.4 Å². The number of nitrogens with one attached hydrogen (secondary N) is 1. The number of amides is 2. The molecule has 0 unspecified atom stereocenters. The summed E-state index contributed by atoms with van der Waals surface area (Å²) < 4.78 is 1.89. The van der Waals surface area contributed by atoms with Gasteiger partial charge >= 0.3 is 0 Å². The fourth-order valence-corrected chi connectivity index (χ4v) is 3.39. The van der Waals surface area contributed by atoms with Crippen LogP contribution in [0.4, 0.5) is 0 Å². The summed E-state index contributed by atoms with van der Waals surface area (Å²) in [6.45, 7) is 0.975. The molecule has 0 saturated carbocycles. The topological polar surface area (TPSA) is 79.6 Å². The maximum absolute atomic E-state index is 12.6. The molecule has 7 heteroatoms. The summed E-state index contributed by atoms with van der Waals surface area (Å²) in [5, 5.41) is 13.0. The first-order chi connectivity index (χ1) is 14.6. The van der Waals surface area contributed by atoms with E-state index in [1.165, 1.54) is 5.01 Å². The Morgan fingerprint density at radius 2 is 1.73 bits per heavy atom. The molecule has 3 aromatic rings. The molecule has 0 saturated heterocycles. The number of hydrazone groups is 1. The zero-order chi connectivity index (χ0) is 20.9. The van der Waals surface area contributed by atoms with Crippen LogP contribution in [0.5, 0.6) is 0 Å². The molecule has 2 amide bonds. The van der Waals surface area contributed by atoms with Crippen molar-refractivity contribution >= 4 is 17.5 Å². The average molecular weight is 401 g/mol. The summed E-state index contributed by atoms with van der Waals surface area (Å²) in [5.41, 5.74) is 4.28. The minimum Gasteiger partial charge on any atom is -0.347 e. The van der Waals surface area contributed by atoms with Crippen molar-refractivity contribution in [2.75, 3.05) is 7.05 Å². The molecule has 1 aliphatic rings. The molecule has 2 aromatic carbocycles. The van der Waals surface area contributed by atoms with Crippen LogP contribution in [-0.2, 0) is 22.7 Å². The van der Waals surface area contributed by atoms with Gasteiger partial charge in [0.05, 0.1) is 12.2 Å². The normalized spacial score (nSPS) is 13.8. The lowest BCUT2D eigenvalue weighted by Gasteiger charge is -2.18. The van der Waals surface area contributed by atoms with Gasteiger partial charge in [0.2, 0.25) is 5.91 Å². The number of rotatable bonds is 6. The summed E-state index contributed by atoms with van der Waals surface area (Å²) in [5.74, 6) is -0.343. The highest BCUT2D eigenvalue weighted by Crippen LogP contribution is 2.22. The molecule has 1 N–H and O–H groups in total. The highest BCUT2D eigenvalue weighted by atomic mass is 16.2. The Kier molecular flexibility index (Phi) is 5.70. The molecule has 7 nitrogen and oxygen atoms in total. The standard InChI is InChI=1S/C23H23N5O2/c1-27-21(29)13-12-20(25-27)23(30)24-14-19-16-28(15-17-8-4-2-5-9-17)26-22(19)18-10-6-3-7-11-18/h2-11,16H,12-15H2,1H3,(H,24,30). The van der Waals surface area contributed by atoms with Crippen molar-refractivity contribution in [3.05, 3.63) is 78.0 Å². The predicted octanol–water partition coefficient (Wildman–Crippen LogP) is 2.82. The lowest BCUT2D eigenvalue weighted by Crippen LogP contribution is -2.37. The average Bonchev–Trinajstić information content (AvgIpc) is 3.18. The van der Waals surface area contributed by atoms with E-state index >= 15 is 0 Å². The van der Waals surface area contributed by atoms with Gasteiger partial charge in [-0.3, -0.25) is 14.3 Å². The van der Waals surface area contributed by atoms with E-state index in [0.29, 0.717) is 31.6 Å². The van der Waals surface area contributed by atoms with Gasteiger partial charge in [-0.25, -0.2) is 5.01 Å². The third-order valence-electron chi connectivity index (χ3n) is 4.98. The van der Waals surface area contributed by atoms with Gasteiger partial charge in [-0.2, -0.15) is 10.2 Å². The zero-order valence-electron chi connectivity index (χ0n) is 16.8. The van der Waals surface area contributed by atoms with Gasteiger partial charge in [-0.05, 0) is 5.56 Å². The number of hydrogen-bond donors (Lipinski definition) is 1. The highest BCUT2D eigenvalue weighted by molar-refractivity contribution is 6.39. The van der Waals surface area contributed by atoms with Crippen molar-refractivity contribution in [1.29, 1.82) is 0 Å². The van der Waals surface area contributed by atoms with E-state index in [9.17, 15) is 9.59 Å². The molecule has 0 bridgehead atoms. The second-order valence-electron chi connectivity index (χ2n) is 7.20. The molecular formula is C23H23N5O2. The van der Waals surface area contributed by atoms with Crippen molar-refractivity contribution in [2.24, 2.45) is 5.10 Å². The van der Waals surface area contributed by atoms with Crippen molar-refractivity contribution in [2.45, 2.75) is 25.9 Å². The Labute approximate surface area is 175 Å². The fraction of sp³-hybridized carbons (Fsp3) is 0.217. The molecule has 4 rings (SSSR count). The molecular weight excluding hydrogens is 378 g/mol. The lowest BCUT2D eigenvalue weighted by molar-refractivity contribution is -0.130. The number of aromatic nitrogens is 2. The van der Waals surface area contributed by atoms with Gasteiger partial charge in [0.15, 0.2) is 0 Å². The summed E-state index contributed by atoms with van der Waals surface area (Å²) in [4.78, 5) is 24.1. The third-order valence-corrected chi connectivity index (χ3v) is 4.98. The van der Waals surface area contributed by atoms with Crippen molar-refractivity contribution in [3.8, 4) is 11.3 Å². The minimum absolute atomic E-state index is 0.0832. The van der Waals surface area contributed by atoms with Gasteiger partial charge in [0.25, 0.3) is 5.91 Å². The molecule has 2 heterocycles. The van der Waals surface area contributed by atoms with Crippen LogP contribution < -0.4 is 5.32 Å². The third kappa shape index (κ3) is 4.46. The molecule has 1 aromatic heterocycles. The van der Waals surface area contributed by atoms with Gasteiger partial charge in [-0.1, -0.05) is 60.7 Å². The van der Waals surface area contributed by atoms with Crippen molar-refractivity contribution in [1.82, 2.24) is 20.1 Å². The SMILES string of the molecule is CN1N=C(C(=O)NCc2cn(Cc3ccccc3)nc2-c2ccccc2)CCC1=O. The van der Waals surface area contributed by atoms with Crippen LogP contribution in [0.3, 0.4) is 0 Å². The maximum atomic E-state index is 12.6. The van der Waals surface area contributed by atoms with Crippen LogP contribution in [0.25, 0.3) is 11.3 Å². The Balaban J connectivity index is 1.54. The molecule has 152 valence electrons. The van der Waals surface area contributed by atoms with Crippen LogP contribution in [-0.4, -0.2) is 39.4 Å². The first-order valence-corrected chi connectivity index (χ1v) is 9.88. The maximum Gasteiger partial charge on any atom is 0.267 e. The van der Waals surface area contributed by atoms with E-state index in [1.54, 1.807) is 7.05 Å². The fourth-order valence-electron chi connectivity index (χ4n) is 3.39. The number of hydrogen-bond acceptors (Lipinski definition) is 4. The summed E-state index contributed by atoms with van der Waals surface area (Å²) in [7, 11) is 1.57. The van der Waals surface area contributed by atoms with E-state index in [2.05, 4.69) is 22.6 Å². The molecule has 1 aliphatic heterocycles. The van der Waals surface area contributed by atoms with Crippen LogP contribution in [0, 0.1) is 0 Å². The lowest BCUT2D eigenvalue weighted by atomic mass is 10.1. The van der Waals surface area contributed by atoms with Crippen molar-refractivity contribution < 1.29 is 9.59 Å². The highest BCUT2D eigenvalue weighted by Gasteiger charge is 2.22. The first-order valence-electron chi connectivity index (χ1n) is 9.88. The van der Waals surface area contributed by atoms with E-state index in [4.69, 9.17) is 5.10 Å². The monoisotopic (exact) mass is 401 g/mol. The second-order valence-corrected chi connectivity index (χ2v) is 7.20. The minimum atomic E-state index is -0.260. The predicted molar refractivity (Wildman–Crippen MR) is 114 cm³/mol. The Morgan fingerprint density at radius 1 is 1.03 bits per heavy atom. The van der Waals surface area contributed by atoms with Crippen LogP contribution in [0.15, 0.2) is 72.0 Å². The summed E-state index contributed by atoms with van der Waals surface area (Å²) in [6.07, 6.45) is 2.62. The summed E-state index contributed by atoms with van der Waals surface area (Å²) in [6, 6.07) is 20.0. The van der Waals surface area contributed by atoms with Gasteiger partial charge in [0, 0.05) is 43.8 Å². The van der Waals surface area contributed by atoms with Gasteiger partial charge in [-0.15, -0.1) is 0 Å². The van der Waals surface area contributed by atoms with Gasteiger partial charge < -0.3 is 5.32 Å². The molecule has 0 radical (unpaired) electrons. The van der Waals surface area contributed by atoms with E-state index < -0.39 is 0 Å². The molecule has 30 heavy (non-hydrogen) atoms. The Hall–Kier alpha value is -3.74. The molecule has 0 fully saturated rings. The largest absolute Gasteiger partial charge is 0.347 e. The van der Waals surface area contributed by atoms with Crippen LogP contribution in [0.2, 0.25) is 0 Å². The zero-order valence-corrected chi connectivity index (χ0v) is 16.8. The molecule has 0 aliphatic carbocycles. The molecule has 0 spiro atoms. The first kappa shape index (κ1) is 19.6. The van der Waals surface area contributed by atoms with Crippen LogP contribution >= 0.6 is 0 Å².